The van der Waals surface area contributed by atoms with E-state index >= 15 is 0 Å². The van der Waals surface area contributed by atoms with Crippen LogP contribution >= 0.6 is 0 Å². The minimum Gasteiger partial charge on any atom is -0.494 e. The molecule has 3 aliphatic rings. The molecule has 0 amide bonds. The molecule has 2 aliphatic carbocycles. The van der Waals surface area contributed by atoms with E-state index in [1.54, 1.807) is 0 Å². The summed E-state index contributed by atoms with van der Waals surface area (Å²) in [5, 5.41) is 0. The van der Waals surface area contributed by atoms with Crippen molar-refractivity contribution >= 4 is 5.69 Å². The van der Waals surface area contributed by atoms with Crippen LogP contribution in [0, 0.1) is 17.8 Å². The fourth-order valence-corrected chi connectivity index (χ4v) is 6.23. The summed E-state index contributed by atoms with van der Waals surface area (Å²) in [6.45, 7) is 9.76. The van der Waals surface area contributed by atoms with E-state index in [4.69, 9.17) is 4.74 Å². The Bertz CT molecular complexity index is 800. The fraction of sp³-hybridized carbons (Fsp3) is 0.520. The Morgan fingerprint density at radius 1 is 0.929 bits per heavy atom. The SMILES string of the molecule is CCOc1cccc(C2(N3CCN(c4ccccc4)CC3)C3CC(C)CC32)c1. The third-order valence-electron chi connectivity index (χ3n) is 7.35. The summed E-state index contributed by atoms with van der Waals surface area (Å²) < 4.78 is 5.85. The van der Waals surface area contributed by atoms with Crippen molar-refractivity contribution in [2.24, 2.45) is 17.8 Å². The lowest BCUT2D eigenvalue weighted by Crippen LogP contribution is -2.52. The van der Waals surface area contributed by atoms with Gasteiger partial charge in [-0.1, -0.05) is 37.3 Å². The Balaban J connectivity index is 1.40. The first kappa shape index (κ1) is 18.1. The molecule has 3 fully saturated rings. The molecule has 2 aromatic carbocycles. The van der Waals surface area contributed by atoms with Crippen LogP contribution in [0.4, 0.5) is 5.69 Å². The van der Waals surface area contributed by atoms with Crippen molar-refractivity contribution in [1.82, 2.24) is 4.90 Å². The molecule has 1 aliphatic heterocycles. The Kier molecular flexibility index (Phi) is 4.59. The second-order valence-electron chi connectivity index (χ2n) is 8.89. The number of hydrogen-bond donors (Lipinski definition) is 0. The molecule has 0 radical (unpaired) electrons. The third-order valence-corrected chi connectivity index (χ3v) is 7.35. The molecule has 28 heavy (non-hydrogen) atoms. The number of fused-ring (bicyclic) bond motifs is 1. The van der Waals surface area contributed by atoms with Crippen LogP contribution in [0.1, 0.15) is 32.3 Å². The van der Waals surface area contributed by atoms with Gasteiger partial charge < -0.3 is 9.64 Å². The maximum atomic E-state index is 5.85. The van der Waals surface area contributed by atoms with Crippen LogP contribution in [-0.2, 0) is 5.54 Å². The smallest absolute Gasteiger partial charge is 0.119 e. The normalized spacial score (nSPS) is 32.2. The largest absolute Gasteiger partial charge is 0.494 e. The van der Waals surface area contributed by atoms with Crippen molar-refractivity contribution in [1.29, 1.82) is 0 Å². The van der Waals surface area contributed by atoms with E-state index in [0.29, 0.717) is 0 Å². The van der Waals surface area contributed by atoms with Gasteiger partial charge in [0, 0.05) is 31.9 Å². The van der Waals surface area contributed by atoms with Crippen LogP contribution in [0.2, 0.25) is 0 Å². The maximum absolute atomic E-state index is 5.85. The lowest BCUT2D eigenvalue weighted by atomic mass is 9.89. The predicted molar refractivity (Wildman–Crippen MR) is 115 cm³/mol. The van der Waals surface area contributed by atoms with E-state index in [-0.39, 0.29) is 5.54 Å². The van der Waals surface area contributed by atoms with Gasteiger partial charge in [-0.15, -0.1) is 0 Å². The Hall–Kier alpha value is -2.00. The predicted octanol–water partition coefficient (Wildman–Crippen LogP) is 4.78. The molecule has 0 N–H and O–H groups in total. The lowest BCUT2D eigenvalue weighted by Gasteiger charge is -2.43. The van der Waals surface area contributed by atoms with Gasteiger partial charge in [0.2, 0.25) is 0 Å². The van der Waals surface area contributed by atoms with Crippen molar-refractivity contribution in [2.75, 3.05) is 37.7 Å². The highest BCUT2D eigenvalue weighted by atomic mass is 16.5. The number of para-hydroxylation sites is 1. The number of hydrogen-bond acceptors (Lipinski definition) is 3. The molecule has 3 nitrogen and oxygen atoms in total. The van der Waals surface area contributed by atoms with Crippen LogP contribution in [0.25, 0.3) is 0 Å². The number of nitrogens with zero attached hydrogens (tertiary/aromatic N) is 2. The zero-order valence-corrected chi connectivity index (χ0v) is 17.2. The monoisotopic (exact) mass is 376 g/mol. The van der Waals surface area contributed by atoms with E-state index < -0.39 is 0 Å². The van der Waals surface area contributed by atoms with Crippen LogP contribution in [-0.4, -0.2) is 37.7 Å². The molecule has 148 valence electrons. The topological polar surface area (TPSA) is 15.7 Å². The highest BCUT2D eigenvalue weighted by Crippen LogP contribution is 2.70. The van der Waals surface area contributed by atoms with E-state index in [1.807, 2.05) is 0 Å². The average Bonchev–Trinajstić information content (AvgIpc) is 3.16. The quantitative estimate of drug-likeness (QED) is 0.747. The minimum atomic E-state index is 0.252. The van der Waals surface area contributed by atoms with Crippen molar-refractivity contribution in [3.63, 3.8) is 0 Å². The van der Waals surface area contributed by atoms with Crippen LogP contribution in [0.3, 0.4) is 0 Å². The lowest BCUT2D eigenvalue weighted by molar-refractivity contribution is 0.124. The summed E-state index contributed by atoms with van der Waals surface area (Å²) in [6.07, 6.45) is 2.75. The maximum Gasteiger partial charge on any atom is 0.119 e. The third kappa shape index (κ3) is 2.83. The zero-order chi connectivity index (χ0) is 19.1. The summed E-state index contributed by atoms with van der Waals surface area (Å²) in [6, 6.07) is 19.9. The molecular formula is C25H32N2O. The van der Waals surface area contributed by atoms with Crippen molar-refractivity contribution in [3.8, 4) is 5.75 Å². The first-order valence-electron chi connectivity index (χ1n) is 11.0. The van der Waals surface area contributed by atoms with E-state index in [2.05, 4.69) is 78.2 Å². The molecule has 5 rings (SSSR count). The molecule has 2 unspecified atom stereocenters. The number of rotatable bonds is 5. The summed E-state index contributed by atoms with van der Waals surface area (Å²) in [7, 11) is 0. The molecule has 0 aromatic heterocycles. The van der Waals surface area contributed by atoms with Crippen molar-refractivity contribution < 1.29 is 4.74 Å². The molecular weight excluding hydrogens is 344 g/mol. The first-order valence-corrected chi connectivity index (χ1v) is 11.0. The average molecular weight is 377 g/mol. The number of piperazine rings is 1. The number of ether oxygens (including phenoxy) is 1. The molecule has 0 bridgehead atoms. The number of anilines is 1. The molecule has 1 heterocycles. The molecule has 2 aromatic rings. The Morgan fingerprint density at radius 2 is 1.64 bits per heavy atom. The van der Waals surface area contributed by atoms with Gasteiger partial charge in [0.25, 0.3) is 0 Å². The van der Waals surface area contributed by atoms with Crippen LogP contribution < -0.4 is 9.64 Å². The summed E-state index contributed by atoms with van der Waals surface area (Å²) in [5.74, 6) is 3.55. The van der Waals surface area contributed by atoms with Gasteiger partial charge in [-0.2, -0.15) is 0 Å². The molecule has 3 heteroatoms. The summed E-state index contributed by atoms with van der Waals surface area (Å²) >= 11 is 0. The summed E-state index contributed by atoms with van der Waals surface area (Å²) in [5.41, 5.74) is 3.11. The van der Waals surface area contributed by atoms with Gasteiger partial charge in [0.1, 0.15) is 5.75 Å². The first-order chi connectivity index (χ1) is 13.7. The van der Waals surface area contributed by atoms with Crippen molar-refractivity contribution in [3.05, 3.63) is 60.2 Å². The molecule has 2 saturated carbocycles. The van der Waals surface area contributed by atoms with Gasteiger partial charge in [0.15, 0.2) is 0 Å². The molecule has 2 atom stereocenters. The standard InChI is InChI=1S/C25H32N2O/c1-3-28-22-11-7-8-20(18-22)25(23-16-19(2)17-24(23)25)27-14-12-26(13-15-27)21-9-5-4-6-10-21/h4-11,18-19,23-24H,3,12-17H2,1-2H3. The summed E-state index contributed by atoms with van der Waals surface area (Å²) in [4.78, 5) is 5.36. The second kappa shape index (κ2) is 7.11. The fourth-order valence-electron chi connectivity index (χ4n) is 6.23. The van der Waals surface area contributed by atoms with E-state index in [1.165, 1.54) is 24.1 Å². The van der Waals surface area contributed by atoms with Crippen LogP contribution in [0.15, 0.2) is 54.6 Å². The Labute approximate surface area is 169 Å². The Morgan fingerprint density at radius 3 is 2.32 bits per heavy atom. The highest BCUT2D eigenvalue weighted by molar-refractivity contribution is 5.47. The highest BCUT2D eigenvalue weighted by Gasteiger charge is 2.70. The van der Waals surface area contributed by atoms with E-state index in [9.17, 15) is 0 Å². The van der Waals surface area contributed by atoms with Crippen molar-refractivity contribution in [2.45, 2.75) is 32.2 Å². The minimum absolute atomic E-state index is 0.252. The van der Waals surface area contributed by atoms with Gasteiger partial charge in [0.05, 0.1) is 12.1 Å². The van der Waals surface area contributed by atoms with Gasteiger partial charge in [-0.25, -0.2) is 0 Å². The van der Waals surface area contributed by atoms with Gasteiger partial charge in [-0.05, 0) is 67.3 Å². The molecule has 1 saturated heterocycles. The van der Waals surface area contributed by atoms with Gasteiger partial charge >= 0.3 is 0 Å². The molecule has 0 spiro atoms. The number of benzene rings is 2. The van der Waals surface area contributed by atoms with Gasteiger partial charge in [-0.3, -0.25) is 4.90 Å². The van der Waals surface area contributed by atoms with E-state index in [0.717, 1.165) is 56.3 Å². The zero-order valence-electron chi connectivity index (χ0n) is 17.2. The second-order valence-corrected chi connectivity index (χ2v) is 8.89. The van der Waals surface area contributed by atoms with Crippen LogP contribution in [0.5, 0.6) is 5.75 Å².